The van der Waals surface area contributed by atoms with Gasteiger partial charge >= 0.3 is 0 Å². The summed E-state index contributed by atoms with van der Waals surface area (Å²) in [6, 6.07) is 97.5. The van der Waals surface area contributed by atoms with Crippen LogP contribution in [0, 0.1) is 0 Å². The summed E-state index contributed by atoms with van der Waals surface area (Å²) in [6.45, 7) is 0. The van der Waals surface area contributed by atoms with E-state index < -0.39 is 0 Å². The molecular weight excluding hydrogens is 1230 g/mol. The highest BCUT2D eigenvalue weighted by Gasteiger charge is 2.31. The Kier molecular flexibility index (Phi) is 12.4. The van der Waals surface area contributed by atoms with Gasteiger partial charge < -0.3 is 30.6 Å². The summed E-state index contributed by atoms with van der Waals surface area (Å²) in [5.41, 5.74) is 7.05. The van der Waals surface area contributed by atoms with Gasteiger partial charge in [0.2, 0.25) is 0 Å². The highest BCUT2D eigenvalue weighted by molar-refractivity contribution is 6.26. The third-order valence-corrected chi connectivity index (χ3v) is 21.6. The quantitative estimate of drug-likeness (QED) is 0.0801. The van der Waals surface area contributed by atoms with Gasteiger partial charge in [0.05, 0.1) is 0 Å². The van der Waals surface area contributed by atoms with Crippen molar-refractivity contribution in [3.05, 3.63) is 313 Å². The molecule has 20 aromatic carbocycles. The molecule has 0 amide bonds. The van der Waals surface area contributed by atoms with E-state index in [9.17, 15) is 30.6 Å². The molecule has 6 heteroatoms. The number of phenols is 6. The first-order valence-corrected chi connectivity index (χ1v) is 33.9. The molecule has 0 fully saturated rings. The summed E-state index contributed by atoms with van der Waals surface area (Å²) in [5, 5.41) is 104. The predicted octanol–water partition coefficient (Wildman–Crippen LogP) is 24.2. The summed E-state index contributed by atoms with van der Waals surface area (Å²) >= 11 is 0. The molecule has 0 heterocycles. The summed E-state index contributed by atoms with van der Waals surface area (Å²) in [4.78, 5) is 0. The van der Waals surface area contributed by atoms with Crippen molar-refractivity contribution in [3.63, 3.8) is 0 Å². The average molecular weight is 1280 g/mol. The van der Waals surface area contributed by atoms with Crippen molar-refractivity contribution < 1.29 is 30.6 Å². The van der Waals surface area contributed by atoms with Crippen LogP contribution in [0.25, 0.3) is 185 Å². The van der Waals surface area contributed by atoms with E-state index in [4.69, 9.17) is 0 Å². The van der Waals surface area contributed by atoms with Gasteiger partial charge in [-0.15, -0.1) is 0 Å². The molecular formula is C94H58O6. The van der Waals surface area contributed by atoms with Crippen molar-refractivity contribution in [1.82, 2.24) is 0 Å². The molecule has 20 aromatic rings. The van der Waals surface area contributed by atoms with Crippen LogP contribution in [0.15, 0.2) is 291 Å². The normalized spacial score (nSPS) is 12.1. The number of phenolic OH excluding ortho intramolecular Hbond substituents is 6. The van der Waals surface area contributed by atoms with Crippen molar-refractivity contribution in [2.75, 3.05) is 0 Å². The number of aromatic hydroxyl groups is 6. The maximum Gasteiger partial charge on any atom is 0.132 e. The third kappa shape index (κ3) is 8.38. The van der Waals surface area contributed by atoms with Crippen LogP contribution in [0.1, 0.15) is 22.3 Å². The molecule has 0 saturated heterocycles. The summed E-state index contributed by atoms with van der Waals surface area (Å²) < 4.78 is 0. The molecule has 100 heavy (non-hydrogen) atoms. The second kappa shape index (κ2) is 21.7. The van der Waals surface area contributed by atoms with E-state index in [0.717, 1.165) is 75.8 Å². The maximum absolute atomic E-state index is 13.7. The van der Waals surface area contributed by atoms with E-state index in [1.54, 1.807) is 0 Å². The van der Waals surface area contributed by atoms with Crippen molar-refractivity contribution in [3.8, 4) is 90.1 Å². The van der Waals surface area contributed by atoms with Gasteiger partial charge in [-0.05, 0) is 188 Å². The lowest BCUT2D eigenvalue weighted by molar-refractivity contribution is 0.464. The largest absolute Gasteiger partial charge is 0.507 e. The van der Waals surface area contributed by atoms with Gasteiger partial charge in [-0.1, -0.05) is 255 Å². The fourth-order valence-electron chi connectivity index (χ4n) is 17.1. The van der Waals surface area contributed by atoms with Crippen LogP contribution in [0.2, 0.25) is 0 Å². The molecule has 0 bridgehead atoms. The Bertz CT molecular complexity index is 6480. The minimum Gasteiger partial charge on any atom is -0.507 e. The molecule has 6 N–H and O–H groups in total. The van der Waals surface area contributed by atoms with Crippen LogP contribution in [0.5, 0.6) is 34.5 Å². The Morgan fingerprint density at radius 3 is 0.670 bits per heavy atom. The topological polar surface area (TPSA) is 121 Å². The van der Waals surface area contributed by atoms with Gasteiger partial charge in [0.25, 0.3) is 0 Å². The molecule has 0 radical (unpaired) electrons. The summed E-state index contributed by atoms with van der Waals surface area (Å²) in [6.07, 6.45) is 0.799. The van der Waals surface area contributed by atoms with E-state index in [0.29, 0.717) is 101 Å². The molecule has 0 atom stereocenters. The lowest BCUT2D eigenvalue weighted by atomic mass is 9.83. The number of rotatable bonds is 9. The van der Waals surface area contributed by atoms with Crippen molar-refractivity contribution in [1.29, 1.82) is 0 Å². The van der Waals surface area contributed by atoms with Crippen LogP contribution in [-0.4, -0.2) is 30.6 Å². The predicted molar refractivity (Wildman–Crippen MR) is 415 cm³/mol. The first-order chi connectivity index (χ1) is 49.1. The zero-order valence-corrected chi connectivity index (χ0v) is 53.8. The molecule has 0 unspecified atom stereocenters. The monoisotopic (exact) mass is 1280 g/mol. The first-order valence-electron chi connectivity index (χ1n) is 33.9. The zero-order valence-electron chi connectivity index (χ0n) is 53.8. The highest BCUT2D eigenvalue weighted by Crippen LogP contribution is 2.58. The smallest absolute Gasteiger partial charge is 0.132 e. The zero-order chi connectivity index (χ0) is 66.8. The number of benzene rings is 20. The van der Waals surface area contributed by atoms with E-state index in [-0.39, 0.29) is 34.5 Å². The van der Waals surface area contributed by atoms with Crippen LogP contribution < -0.4 is 0 Å². The second-order valence-electron chi connectivity index (χ2n) is 27.0. The van der Waals surface area contributed by atoms with Crippen LogP contribution in [0.3, 0.4) is 0 Å². The summed E-state index contributed by atoms with van der Waals surface area (Å²) in [7, 11) is 0. The second-order valence-corrected chi connectivity index (χ2v) is 27.0. The SMILES string of the molecule is Oc1c(Cc2ccc3ccc4cccc5ccc2c3c45)cc2ccccc2c1-c1c(O)c(-c2cc3ccccc3c(-c3c(O)c(-c4cc5ccccc5c(-c5c(O)c(Cc6ccc7ccc8cccc9ccc6c7c89)cc6ccccc56)c4O)cc4ccccc34)c2O)cc2ccccc12. The average Bonchev–Trinajstić information content (AvgIpc) is 0.734. The van der Waals surface area contributed by atoms with Crippen LogP contribution >= 0.6 is 0 Å². The van der Waals surface area contributed by atoms with Gasteiger partial charge in [-0.3, -0.25) is 0 Å². The lowest BCUT2D eigenvalue weighted by Gasteiger charge is -2.23. The van der Waals surface area contributed by atoms with Gasteiger partial charge in [0, 0.05) is 68.5 Å². The first kappa shape index (κ1) is 57.1. The van der Waals surface area contributed by atoms with Crippen molar-refractivity contribution >= 4 is 129 Å². The van der Waals surface area contributed by atoms with E-state index in [1.807, 2.05) is 170 Å². The van der Waals surface area contributed by atoms with Crippen molar-refractivity contribution in [2.24, 2.45) is 0 Å². The van der Waals surface area contributed by atoms with Gasteiger partial charge in [0.15, 0.2) is 0 Å². The molecule has 6 nitrogen and oxygen atoms in total. The Morgan fingerprint density at radius 1 is 0.160 bits per heavy atom. The third-order valence-electron chi connectivity index (χ3n) is 21.6. The molecule has 20 rings (SSSR count). The van der Waals surface area contributed by atoms with Crippen LogP contribution in [-0.2, 0) is 12.8 Å². The fourth-order valence-corrected chi connectivity index (χ4v) is 17.1. The minimum absolute atomic E-state index is 0.0368. The van der Waals surface area contributed by atoms with Gasteiger partial charge in [-0.2, -0.15) is 0 Å². The standard InChI is InChI=1S/C94H58O6/c95-89-65(45-63-37-35-55-33-31-51-21-13-23-53-39-41-73(63)81(55)79(51)53)43-57-15-1-7-25-67(57)83(89)85-69-27-9-3-17-59(69)47-75(91(85)97)77-49-61-19-5-11-29-71(61)87(93(77)99)88-72-30-12-6-20-62(72)50-78(94(88)100)76-48-60-18-4-10-28-70(60)86(92(76)98)84-68-26-8-2-16-58(68)44-66(90(84)96)46-64-38-36-56-34-32-52-22-14-24-54-40-42-74(64)82(56)80(52)54/h1-44,47-50,95-100H,45-46H2. The van der Waals surface area contributed by atoms with Crippen LogP contribution in [0.4, 0.5) is 0 Å². The minimum atomic E-state index is -0.203. The Hall–Kier alpha value is -13.2. The molecule has 0 aliphatic rings. The van der Waals surface area contributed by atoms with E-state index in [1.165, 1.54) is 43.1 Å². The molecule has 0 spiro atoms. The number of hydrogen-bond acceptors (Lipinski definition) is 6. The molecule has 0 aliphatic heterocycles. The lowest BCUT2D eigenvalue weighted by Crippen LogP contribution is -1.97. The Balaban J connectivity index is 0.779. The van der Waals surface area contributed by atoms with E-state index >= 15 is 0 Å². The molecule has 0 aromatic heterocycles. The Morgan fingerprint density at radius 2 is 0.380 bits per heavy atom. The number of fused-ring (bicyclic) bond motifs is 6. The Labute approximate surface area is 572 Å². The molecule has 0 saturated carbocycles. The highest BCUT2D eigenvalue weighted by atomic mass is 16.3. The molecule has 470 valence electrons. The fraction of sp³-hybridized carbons (Fsp3) is 0.0213. The molecule has 0 aliphatic carbocycles. The van der Waals surface area contributed by atoms with E-state index in [2.05, 4.69) is 121 Å². The maximum atomic E-state index is 13.7. The van der Waals surface area contributed by atoms with Crippen molar-refractivity contribution in [2.45, 2.75) is 12.8 Å². The van der Waals surface area contributed by atoms with Gasteiger partial charge in [-0.25, -0.2) is 0 Å². The summed E-state index contributed by atoms with van der Waals surface area (Å²) in [5.74, 6) is -0.632. The van der Waals surface area contributed by atoms with Gasteiger partial charge in [0.1, 0.15) is 34.5 Å². The number of hydrogen-bond donors (Lipinski definition) is 6.